The number of nitro groups is 1. The van der Waals surface area contributed by atoms with Crippen LogP contribution in [0.3, 0.4) is 0 Å². The van der Waals surface area contributed by atoms with E-state index >= 15 is 0 Å². The molecular formula is C19H17N3O5. The molecule has 1 aromatic heterocycles. The first-order chi connectivity index (χ1) is 12.9. The van der Waals surface area contributed by atoms with E-state index in [1.54, 1.807) is 0 Å². The minimum Gasteiger partial charge on any atom is -0.452 e. The van der Waals surface area contributed by atoms with Crippen LogP contribution in [0.1, 0.15) is 41.6 Å². The standard InChI is InChI=1S/C19H17N3O5/c1-12(2)13-6-8-14(9-7-13)18-20-17(27-21-18)11-26-19(23)15-4-3-5-16(10-15)22(24)25/h3-10,12H,11H2,1-2H3. The second-order valence-electron chi connectivity index (χ2n) is 6.17. The number of benzene rings is 2. The molecule has 0 aliphatic rings. The first-order valence-corrected chi connectivity index (χ1v) is 8.28. The Hall–Kier alpha value is -3.55. The summed E-state index contributed by atoms with van der Waals surface area (Å²) in [6, 6.07) is 13.1. The van der Waals surface area contributed by atoms with Crippen LogP contribution >= 0.6 is 0 Å². The highest BCUT2D eigenvalue weighted by Gasteiger charge is 2.15. The second-order valence-corrected chi connectivity index (χ2v) is 6.17. The molecule has 0 radical (unpaired) electrons. The fourth-order valence-electron chi connectivity index (χ4n) is 2.40. The van der Waals surface area contributed by atoms with Gasteiger partial charge in [-0.1, -0.05) is 49.3 Å². The van der Waals surface area contributed by atoms with Crippen molar-refractivity contribution in [2.45, 2.75) is 26.4 Å². The minimum absolute atomic E-state index is 0.0770. The Morgan fingerprint density at radius 2 is 1.96 bits per heavy atom. The van der Waals surface area contributed by atoms with Gasteiger partial charge in [-0.05, 0) is 17.5 Å². The van der Waals surface area contributed by atoms with Crippen molar-refractivity contribution < 1.29 is 19.0 Å². The monoisotopic (exact) mass is 367 g/mol. The lowest BCUT2D eigenvalue weighted by Gasteiger charge is -2.04. The molecular weight excluding hydrogens is 350 g/mol. The summed E-state index contributed by atoms with van der Waals surface area (Å²) in [7, 11) is 0. The van der Waals surface area contributed by atoms with Crippen LogP contribution in [0.4, 0.5) is 5.69 Å². The number of nitrogens with zero attached hydrogens (tertiary/aromatic N) is 3. The molecule has 3 aromatic rings. The molecule has 0 aliphatic heterocycles. The van der Waals surface area contributed by atoms with E-state index in [1.165, 1.54) is 23.8 Å². The Kier molecular flexibility index (Phi) is 5.25. The van der Waals surface area contributed by atoms with Crippen molar-refractivity contribution in [3.8, 4) is 11.4 Å². The van der Waals surface area contributed by atoms with Crippen molar-refractivity contribution >= 4 is 11.7 Å². The maximum Gasteiger partial charge on any atom is 0.338 e. The smallest absolute Gasteiger partial charge is 0.338 e. The zero-order chi connectivity index (χ0) is 19.4. The maximum atomic E-state index is 12.0. The molecule has 0 saturated carbocycles. The van der Waals surface area contributed by atoms with Gasteiger partial charge in [0.2, 0.25) is 5.82 Å². The summed E-state index contributed by atoms with van der Waals surface area (Å²) in [4.78, 5) is 26.4. The van der Waals surface area contributed by atoms with Gasteiger partial charge in [-0.3, -0.25) is 10.1 Å². The molecule has 0 fully saturated rings. The molecule has 2 aromatic carbocycles. The van der Waals surface area contributed by atoms with Gasteiger partial charge in [-0.2, -0.15) is 4.98 Å². The van der Waals surface area contributed by atoms with Crippen molar-refractivity contribution in [1.29, 1.82) is 0 Å². The number of nitro benzene ring substituents is 1. The van der Waals surface area contributed by atoms with Gasteiger partial charge >= 0.3 is 5.97 Å². The summed E-state index contributed by atoms with van der Waals surface area (Å²) in [5.74, 6) is 0.247. The molecule has 3 rings (SSSR count). The van der Waals surface area contributed by atoms with Crippen molar-refractivity contribution in [2.75, 3.05) is 0 Å². The molecule has 0 unspecified atom stereocenters. The molecule has 8 nitrogen and oxygen atoms in total. The molecule has 27 heavy (non-hydrogen) atoms. The van der Waals surface area contributed by atoms with Gasteiger partial charge in [0.25, 0.3) is 11.6 Å². The van der Waals surface area contributed by atoms with Crippen LogP contribution in [-0.2, 0) is 11.3 Å². The first kappa shape index (κ1) is 18.2. The minimum atomic E-state index is -0.709. The van der Waals surface area contributed by atoms with Crippen molar-refractivity contribution in [1.82, 2.24) is 10.1 Å². The van der Waals surface area contributed by atoms with E-state index in [4.69, 9.17) is 9.26 Å². The molecule has 1 heterocycles. The number of carbonyl (C=O) groups is 1. The predicted octanol–water partition coefficient (Wildman–Crippen LogP) is 4.13. The third-order valence-electron chi connectivity index (χ3n) is 3.92. The van der Waals surface area contributed by atoms with Crippen LogP contribution in [0.15, 0.2) is 53.1 Å². The summed E-state index contributed by atoms with van der Waals surface area (Å²) >= 11 is 0. The molecule has 0 bridgehead atoms. The van der Waals surface area contributed by atoms with E-state index in [9.17, 15) is 14.9 Å². The zero-order valence-electron chi connectivity index (χ0n) is 14.8. The fraction of sp³-hybridized carbons (Fsp3) is 0.211. The lowest BCUT2D eigenvalue weighted by molar-refractivity contribution is -0.384. The molecule has 0 spiro atoms. The third-order valence-corrected chi connectivity index (χ3v) is 3.92. The average molecular weight is 367 g/mol. The molecule has 0 atom stereocenters. The molecule has 138 valence electrons. The highest BCUT2D eigenvalue weighted by atomic mass is 16.6. The number of carbonyl (C=O) groups excluding carboxylic acids is 1. The number of rotatable bonds is 6. The second kappa shape index (κ2) is 7.77. The number of hydrogen-bond acceptors (Lipinski definition) is 7. The Morgan fingerprint density at radius 3 is 2.63 bits per heavy atom. The van der Waals surface area contributed by atoms with Gasteiger partial charge in [0.15, 0.2) is 6.61 Å². The normalized spacial score (nSPS) is 10.8. The summed E-state index contributed by atoms with van der Waals surface area (Å²) < 4.78 is 10.2. The molecule has 0 amide bonds. The quantitative estimate of drug-likeness (QED) is 0.366. The molecule has 0 aliphatic carbocycles. The van der Waals surface area contributed by atoms with Gasteiger partial charge in [0.1, 0.15) is 0 Å². The Bertz CT molecular complexity index is 963. The summed E-state index contributed by atoms with van der Waals surface area (Å²) in [5.41, 5.74) is 1.88. The maximum absolute atomic E-state index is 12.0. The average Bonchev–Trinajstić information content (AvgIpc) is 3.15. The van der Waals surface area contributed by atoms with Gasteiger partial charge in [0, 0.05) is 17.7 Å². The lowest BCUT2D eigenvalue weighted by atomic mass is 10.0. The first-order valence-electron chi connectivity index (χ1n) is 8.28. The largest absolute Gasteiger partial charge is 0.452 e. The number of esters is 1. The van der Waals surface area contributed by atoms with Gasteiger partial charge in [0.05, 0.1) is 10.5 Å². The molecule has 0 N–H and O–H groups in total. The zero-order valence-corrected chi connectivity index (χ0v) is 14.8. The van der Waals surface area contributed by atoms with E-state index < -0.39 is 10.9 Å². The number of non-ortho nitro benzene ring substituents is 1. The van der Waals surface area contributed by atoms with E-state index in [1.807, 2.05) is 24.3 Å². The Labute approximate surface area is 154 Å². The van der Waals surface area contributed by atoms with E-state index in [-0.39, 0.29) is 23.7 Å². The number of ether oxygens (including phenoxy) is 1. The van der Waals surface area contributed by atoms with Crippen LogP contribution in [0, 0.1) is 10.1 Å². The SMILES string of the molecule is CC(C)c1ccc(-c2noc(COC(=O)c3cccc([N+](=O)[O-])c3)n2)cc1. The van der Waals surface area contributed by atoms with E-state index in [0.717, 1.165) is 11.6 Å². The van der Waals surface area contributed by atoms with Crippen LogP contribution in [-0.4, -0.2) is 21.0 Å². The molecule has 0 saturated heterocycles. The van der Waals surface area contributed by atoms with Gasteiger partial charge < -0.3 is 9.26 Å². The number of aromatic nitrogens is 2. The lowest BCUT2D eigenvalue weighted by Crippen LogP contribution is -2.06. The number of hydrogen-bond donors (Lipinski definition) is 0. The van der Waals surface area contributed by atoms with Crippen molar-refractivity contribution in [3.63, 3.8) is 0 Å². The highest BCUT2D eigenvalue weighted by molar-refractivity contribution is 5.90. The highest BCUT2D eigenvalue weighted by Crippen LogP contribution is 2.21. The van der Waals surface area contributed by atoms with Crippen molar-refractivity contribution in [3.05, 3.63) is 75.7 Å². The molecule has 8 heteroatoms. The predicted molar refractivity (Wildman–Crippen MR) is 96.0 cm³/mol. The van der Waals surface area contributed by atoms with Gasteiger partial charge in [-0.15, -0.1) is 0 Å². The third kappa shape index (κ3) is 4.35. The topological polar surface area (TPSA) is 108 Å². The Balaban J connectivity index is 1.65. The summed E-state index contributed by atoms with van der Waals surface area (Å²) in [6.45, 7) is 3.99. The van der Waals surface area contributed by atoms with Gasteiger partial charge in [-0.25, -0.2) is 4.79 Å². The van der Waals surface area contributed by atoms with Crippen LogP contribution in [0.2, 0.25) is 0 Å². The van der Waals surface area contributed by atoms with Crippen molar-refractivity contribution in [2.24, 2.45) is 0 Å². The van der Waals surface area contributed by atoms with Crippen LogP contribution in [0.25, 0.3) is 11.4 Å². The van der Waals surface area contributed by atoms with E-state index in [2.05, 4.69) is 24.0 Å². The summed E-state index contributed by atoms with van der Waals surface area (Å²) in [6.07, 6.45) is 0. The van der Waals surface area contributed by atoms with E-state index in [0.29, 0.717) is 11.7 Å². The Morgan fingerprint density at radius 1 is 1.22 bits per heavy atom. The fourth-order valence-corrected chi connectivity index (χ4v) is 2.40. The van der Waals surface area contributed by atoms with Crippen LogP contribution < -0.4 is 0 Å². The summed E-state index contributed by atoms with van der Waals surface area (Å²) in [5, 5.41) is 14.7. The van der Waals surface area contributed by atoms with Crippen LogP contribution in [0.5, 0.6) is 0 Å².